The van der Waals surface area contributed by atoms with Gasteiger partial charge in [-0.05, 0) is 55.2 Å². The zero-order chi connectivity index (χ0) is 18.4. The second-order valence-corrected chi connectivity index (χ2v) is 7.99. The van der Waals surface area contributed by atoms with E-state index in [1.54, 1.807) is 0 Å². The second kappa shape index (κ2) is 8.81. The number of hydrogen-bond donors (Lipinski definition) is 3. The smallest absolute Gasteiger partial charge is 0.117 e. The summed E-state index contributed by atoms with van der Waals surface area (Å²) in [6.45, 7) is 9.19. The first-order valence-electron chi connectivity index (χ1n) is 8.97. The van der Waals surface area contributed by atoms with E-state index in [4.69, 9.17) is 0 Å². The summed E-state index contributed by atoms with van der Waals surface area (Å²) in [5.74, 6) is 0.268. The lowest BCUT2D eigenvalue weighted by atomic mass is 9.72. The molecule has 0 heterocycles. The molecule has 5 nitrogen and oxygen atoms in total. The van der Waals surface area contributed by atoms with Gasteiger partial charge < -0.3 is 5.32 Å². The molecule has 1 aromatic carbocycles. The van der Waals surface area contributed by atoms with Crippen molar-refractivity contribution in [3.8, 4) is 0 Å². The van der Waals surface area contributed by atoms with Crippen LogP contribution in [0.4, 0.5) is 5.69 Å². The zero-order valence-corrected chi connectivity index (χ0v) is 15.7. The van der Waals surface area contributed by atoms with Gasteiger partial charge in [0, 0.05) is 12.2 Å². The minimum absolute atomic E-state index is 0.0611. The summed E-state index contributed by atoms with van der Waals surface area (Å²) < 4.78 is 0. The Labute approximate surface area is 150 Å². The second-order valence-electron chi connectivity index (χ2n) is 7.99. The van der Waals surface area contributed by atoms with Crippen molar-refractivity contribution in [3.63, 3.8) is 0 Å². The fourth-order valence-corrected chi connectivity index (χ4v) is 3.47. The van der Waals surface area contributed by atoms with Gasteiger partial charge in [-0.2, -0.15) is 0 Å². The van der Waals surface area contributed by atoms with Crippen molar-refractivity contribution in [2.75, 3.05) is 11.9 Å². The van der Waals surface area contributed by atoms with Gasteiger partial charge in [0.15, 0.2) is 0 Å². The van der Waals surface area contributed by atoms with Crippen molar-refractivity contribution >= 4 is 5.69 Å². The molecule has 0 radical (unpaired) electrons. The molecule has 2 rings (SSSR count). The average Bonchev–Trinajstić information content (AvgIpc) is 2.57. The Hall–Kier alpha value is -1.40. The molecule has 0 spiro atoms. The van der Waals surface area contributed by atoms with Gasteiger partial charge in [0.05, 0.1) is 0 Å². The molecule has 1 fully saturated rings. The Morgan fingerprint density at radius 3 is 2.24 bits per heavy atom. The van der Waals surface area contributed by atoms with E-state index in [9.17, 15) is 10.5 Å². The minimum atomic E-state index is -0.437. The molecule has 3 atom stereocenters. The van der Waals surface area contributed by atoms with E-state index in [0.717, 1.165) is 24.2 Å². The SMILES string of the molecule is Cc1ccc(NCCC(C)C=C2C(OO)CC(C)(C)CC2OO)cc1. The van der Waals surface area contributed by atoms with Crippen LogP contribution in [0.3, 0.4) is 0 Å². The maximum absolute atomic E-state index is 9.28. The van der Waals surface area contributed by atoms with Crippen LogP contribution in [0.2, 0.25) is 0 Å². The van der Waals surface area contributed by atoms with Gasteiger partial charge in [0.2, 0.25) is 0 Å². The highest BCUT2D eigenvalue weighted by Gasteiger charge is 2.39. The van der Waals surface area contributed by atoms with Crippen LogP contribution >= 0.6 is 0 Å². The van der Waals surface area contributed by atoms with Gasteiger partial charge in [-0.3, -0.25) is 10.5 Å². The normalized spacial score (nSPS) is 24.0. The summed E-state index contributed by atoms with van der Waals surface area (Å²) in [5, 5.41) is 22.0. The van der Waals surface area contributed by atoms with Crippen LogP contribution in [0, 0.1) is 18.3 Å². The minimum Gasteiger partial charge on any atom is -0.385 e. The largest absolute Gasteiger partial charge is 0.385 e. The summed E-state index contributed by atoms with van der Waals surface area (Å²) in [7, 11) is 0. The van der Waals surface area contributed by atoms with Gasteiger partial charge in [-0.15, -0.1) is 0 Å². The van der Waals surface area contributed by atoms with Crippen molar-refractivity contribution in [1.29, 1.82) is 0 Å². The van der Waals surface area contributed by atoms with Gasteiger partial charge >= 0.3 is 0 Å². The van der Waals surface area contributed by atoms with E-state index in [1.807, 2.05) is 0 Å². The van der Waals surface area contributed by atoms with E-state index < -0.39 is 12.2 Å². The topological polar surface area (TPSA) is 71.0 Å². The molecule has 5 heteroatoms. The molecule has 1 aliphatic rings. The molecule has 0 amide bonds. The zero-order valence-electron chi connectivity index (χ0n) is 15.7. The molecular weight excluding hydrogens is 318 g/mol. The number of aryl methyl sites for hydroxylation is 1. The van der Waals surface area contributed by atoms with Gasteiger partial charge in [-0.25, -0.2) is 9.78 Å². The third kappa shape index (κ3) is 5.82. The summed E-state index contributed by atoms with van der Waals surface area (Å²) in [6.07, 6.45) is 3.51. The first kappa shape index (κ1) is 19.9. The van der Waals surface area contributed by atoms with Crippen molar-refractivity contribution in [2.24, 2.45) is 11.3 Å². The van der Waals surface area contributed by atoms with Crippen LogP contribution in [0.1, 0.15) is 45.6 Å². The first-order chi connectivity index (χ1) is 11.8. The molecule has 3 unspecified atom stereocenters. The van der Waals surface area contributed by atoms with E-state index in [-0.39, 0.29) is 11.3 Å². The van der Waals surface area contributed by atoms with Crippen LogP contribution < -0.4 is 5.32 Å². The van der Waals surface area contributed by atoms with Gasteiger partial charge in [0.25, 0.3) is 0 Å². The van der Waals surface area contributed by atoms with Gasteiger partial charge in [-0.1, -0.05) is 44.5 Å². The fraction of sp³-hybridized carbons (Fsp3) is 0.600. The van der Waals surface area contributed by atoms with E-state index in [0.29, 0.717) is 12.8 Å². The van der Waals surface area contributed by atoms with Crippen molar-refractivity contribution in [1.82, 2.24) is 0 Å². The third-order valence-electron chi connectivity index (χ3n) is 4.93. The van der Waals surface area contributed by atoms with Crippen LogP contribution in [0.25, 0.3) is 0 Å². The van der Waals surface area contributed by atoms with Gasteiger partial charge in [0.1, 0.15) is 12.2 Å². The van der Waals surface area contributed by atoms with Crippen LogP contribution in [-0.4, -0.2) is 29.3 Å². The molecule has 25 heavy (non-hydrogen) atoms. The Morgan fingerprint density at radius 1 is 1.16 bits per heavy atom. The van der Waals surface area contributed by atoms with Crippen LogP contribution in [-0.2, 0) is 9.78 Å². The lowest BCUT2D eigenvalue weighted by Crippen LogP contribution is -2.39. The molecule has 1 aliphatic carbocycles. The Balaban J connectivity index is 1.95. The molecule has 3 N–H and O–H groups in total. The standard InChI is InChI=1S/C20H31NO4/c1-14-5-7-16(8-6-14)21-10-9-15(2)11-17-18(24-22)12-20(3,4)13-19(17)25-23/h5-8,11,15,18-19,21-23H,9-10,12-13H2,1-4H3. The number of anilines is 1. The highest BCUT2D eigenvalue weighted by atomic mass is 17.1. The predicted molar refractivity (Wildman–Crippen MR) is 99.6 cm³/mol. The maximum atomic E-state index is 9.28. The molecule has 0 saturated heterocycles. The number of benzene rings is 1. The number of rotatable bonds is 7. The van der Waals surface area contributed by atoms with E-state index in [1.165, 1.54) is 5.56 Å². The molecule has 140 valence electrons. The molecule has 1 aromatic rings. The monoisotopic (exact) mass is 349 g/mol. The fourth-order valence-electron chi connectivity index (χ4n) is 3.47. The lowest BCUT2D eigenvalue weighted by molar-refractivity contribution is -0.309. The quantitative estimate of drug-likeness (QED) is 0.371. The van der Waals surface area contributed by atoms with Crippen molar-refractivity contribution < 1.29 is 20.3 Å². The number of hydrogen-bond acceptors (Lipinski definition) is 5. The third-order valence-corrected chi connectivity index (χ3v) is 4.93. The van der Waals surface area contributed by atoms with E-state index in [2.05, 4.69) is 73.1 Å². The summed E-state index contributed by atoms with van der Waals surface area (Å²) in [5.41, 5.74) is 3.12. The van der Waals surface area contributed by atoms with E-state index >= 15 is 0 Å². The Bertz CT molecular complexity index is 550. The highest BCUT2D eigenvalue weighted by Crippen LogP contribution is 2.41. The van der Waals surface area contributed by atoms with Crippen molar-refractivity contribution in [2.45, 2.75) is 59.2 Å². The first-order valence-corrected chi connectivity index (χ1v) is 8.97. The molecule has 0 aromatic heterocycles. The summed E-state index contributed by atoms with van der Waals surface area (Å²) >= 11 is 0. The average molecular weight is 349 g/mol. The Kier molecular flexibility index (Phi) is 7.02. The van der Waals surface area contributed by atoms with Crippen molar-refractivity contribution in [3.05, 3.63) is 41.5 Å². The molecular formula is C20H31NO4. The number of nitrogens with one attached hydrogen (secondary N) is 1. The Morgan fingerprint density at radius 2 is 1.72 bits per heavy atom. The lowest BCUT2D eigenvalue weighted by Gasteiger charge is -2.39. The number of allylic oxidation sites excluding steroid dienone is 1. The highest BCUT2D eigenvalue weighted by molar-refractivity contribution is 5.44. The van der Waals surface area contributed by atoms with Crippen LogP contribution in [0.15, 0.2) is 35.9 Å². The predicted octanol–water partition coefficient (Wildman–Crippen LogP) is 4.90. The molecule has 0 aliphatic heterocycles. The molecule has 1 saturated carbocycles. The summed E-state index contributed by atoms with van der Waals surface area (Å²) in [4.78, 5) is 9.36. The molecule has 0 bridgehead atoms. The summed E-state index contributed by atoms with van der Waals surface area (Å²) in [6, 6.07) is 8.33. The maximum Gasteiger partial charge on any atom is 0.117 e. The van der Waals surface area contributed by atoms with Crippen LogP contribution in [0.5, 0.6) is 0 Å².